The highest BCUT2D eigenvalue weighted by molar-refractivity contribution is 5.68. The van der Waals surface area contributed by atoms with Crippen LogP contribution in [0.2, 0.25) is 0 Å². The molecule has 0 amide bonds. The number of ether oxygens (including phenoxy) is 2. The number of aromatic nitrogens is 1. The molecule has 21 heavy (non-hydrogen) atoms. The van der Waals surface area contributed by atoms with E-state index in [0.717, 1.165) is 17.3 Å². The molecule has 0 aliphatic heterocycles. The SMILES string of the molecule is COc1ccccc1N(C)c1ccc(N)c(OC(C)C)n1. The van der Waals surface area contributed by atoms with Crippen molar-refractivity contribution in [2.24, 2.45) is 0 Å². The fraction of sp³-hybridized carbons (Fsp3) is 0.312. The Morgan fingerprint density at radius 3 is 2.52 bits per heavy atom. The Hall–Kier alpha value is -2.43. The maximum Gasteiger partial charge on any atom is 0.239 e. The van der Waals surface area contributed by atoms with E-state index in [-0.39, 0.29) is 6.10 Å². The highest BCUT2D eigenvalue weighted by Crippen LogP contribution is 2.33. The molecule has 0 spiro atoms. The molecular formula is C16H21N3O2. The van der Waals surface area contributed by atoms with E-state index in [1.807, 2.05) is 56.1 Å². The first-order valence-corrected chi connectivity index (χ1v) is 6.83. The van der Waals surface area contributed by atoms with E-state index in [2.05, 4.69) is 4.98 Å². The van der Waals surface area contributed by atoms with Crippen LogP contribution in [0.3, 0.4) is 0 Å². The smallest absolute Gasteiger partial charge is 0.239 e. The Labute approximate surface area is 125 Å². The number of para-hydroxylation sites is 2. The highest BCUT2D eigenvalue weighted by atomic mass is 16.5. The van der Waals surface area contributed by atoms with Crippen LogP contribution in [0.15, 0.2) is 36.4 Å². The van der Waals surface area contributed by atoms with Crippen LogP contribution in [-0.4, -0.2) is 25.2 Å². The first-order valence-electron chi connectivity index (χ1n) is 6.83. The predicted molar refractivity (Wildman–Crippen MR) is 85.5 cm³/mol. The molecule has 112 valence electrons. The molecule has 0 saturated carbocycles. The summed E-state index contributed by atoms with van der Waals surface area (Å²) in [6, 6.07) is 11.4. The molecule has 1 aromatic heterocycles. The zero-order valence-electron chi connectivity index (χ0n) is 12.8. The van der Waals surface area contributed by atoms with Crippen LogP contribution in [0.5, 0.6) is 11.6 Å². The lowest BCUT2D eigenvalue weighted by Gasteiger charge is -2.22. The van der Waals surface area contributed by atoms with Gasteiger partial charge in [-0.1, -0.05) is 12.1 Å². The summed E-state index contributed by atoms with van der Waals surface area (Å²) in [6.45, 7) is 3.88. The van der Waals surface area contributed by atoms with E-state index >= 15 is 0 Å². The summed E-state index contributed by atoms with van der Waals surface area (Å²) in [5, 5.41) is 0. The largest absolute Gasteiger partial charge is 0.495 e. The summed E-state index contributed by atoms with van der Waals surface area (Å²) in [4.78, 5) is 6.42. The van der Waals surface area contributed by atoms with Crippen LogP contribution in [0.25, 0.3) is 0 Å². The van der Waals surface area contributed by atoms with Crippen LogP contribution in [0.4, 0.5) is 17.2 Å². The van der Waals surface area contributed by atoms with Gasteiger partial charge in [0, 0.05) is 7.05 Å². The third-order valence-corrected chi connectivity index (χ3v) is 3.01. The zero-order valence-corrected chi connectivity index (χ0v) is 12.8. The molecule has 1 aromatic carbocycles. The number of methoxy groups -OCH3 is 1. The van der Waals surface area contributed by atoms with Gasteiger partial charge in [0.05, 0.1) is 24.6 Å². The topological polar surface area (TPSA) is 60.6 Å². The first-order chi connectivity index (χ1) is 10.0. The molecule has 2 N–H and O–H groups in total. The Morgan fingerprint density at radius 1 is 1.14 bits per heavy atom. The Balaban J connectivity index is 2.37. The van der Waals surface area contributed by atoms with Gasteiger partial charge in [-0.3, -0.25) is 0 Å². The highest BCUT2D eigenvalue weighted by Gasteiger charge is 2.13. The molecule has 0 aliphatic rings. The van der Waals surface area contributed by atoms with Gasteiger partial charge in [0.1, 0.15) is 11.6 Å². The quantitative estimate of drug-likeness (QED) is 0.915. The van der Waals surface area contributed by atoms with Crippen LogP contribution < -0.4 is 20.1 Å². The summed E-state index contributed by atoms with van der Waals surface area (Å²) >= 11 is 0. The normalized spacial score (nSPS) is 10.5. The van der Waals surface area contributed by atoms with Crippen molar-refractivity contribution in [1.82, 2.24) is 4.98 Å². The van der Waals surface area contributed by atoms with E-state index < -0.39 is 0 Å². The molecule has 2 aromatic rings. The van der Waals surface area contributed by atoms with Gasteiger partial charge in [-0.05, 0) is 38.1 Å². The minimum Gasteiger partial charge on any atom is -0.495 e. The van der Waals surface area contributed by atoms with Crippen molar-refractivity contribution in [3.63, 3.8) is 0 Å². The van der Waals surface area contributed by atoms with Gasteiger partial charge < -0.3 is 20.1 Å². The minimum atomic E-state index is 0.0200. The van der Waals surface area contributed by atoms with E-state index in [1.165, 1.54) is 0 Å². The van der Waals surface area contributed by atoms with Gasteiger partial charge in [-0.2, -0.15) is 4.98 Å². The first kappa shape index (κ1) is 15.0. The lowest BCUT2D eigenvalue weighted by atomic mass is 10.2. The van der Waals surface area contributed by atoms with Crippen molar-refractivity contribution in [3.8, 4) is 11.6 Å². The van der Waals surface area contributed by atoms with Gasteiger partial charge in [0.25, 0.3) is 0 Å². The zero-order chi connectivity index (χ0) is 15.4. The van der Waals surface area contributed by atoms with Crippen LogP contribution in [-0.2, 0) is 0 Å². The average molecular weight is 287 g/mol. The lowest BCUT2D eigenvalue weighted by molar-refractivity contribution is 0.234. The molecule has 0 fully saturated rings. The second kappa shape index (κ2) is 6.35. The van der Waals surface area contributed by atoms with Gasteiger partial charge in [0.2, 0.25) is 5.88 Å². The second-order valence-electron chi connectivity index (χ2n) is 4.96. The molecule has 5 heteroatoms. The molecule has 0 saturated heterocycles. The molecule has 5 nitrogen and oxygen atoms in total. The Morgan fingerprint density at radius 2 is 1.86 bits per heavy atom. The number of nitrogen functional groups attached to an aromatic ring is 1. The molecular weight excluding hydrogens is 266 g/mol. The molecule has 0 unspecified atom stereocenters. The van der Waals surface area contributed by atoms with Crippen molar-refractivity contribution in [1.29, 1.82) is 0 Å². The van der Waals surface area contributed by atoms with E-state index in [0.29, 0.717) is 11.6 Å². The summed E-state index contributed by atoms with van der Waals surface area (Å²) in [5.41, 5.74) is 7.35. The summed E-state index contributed by atoms with van der Waals surface area (Å²) in [5.74, 6) is 1.97. The van der Waals surface area contributed by atoms with Crippen LogP contribution >= 0.6 is 0 Å². The lowest BCUT2D eigenvalue weighted by Crippen LogP contribution is -2.15. The number of anilines is 3. The molecule has 0 atom stereocenters. The fourth-order valence-electron chi connectivity index (χ4n) is 1.98. The number of nitrogens with zero attached hydrogens (tertiary/aromatic N) is 2. The maximum atomic E-state index is 5.90. The van der Waals surface area contributed by atoms with Gasteiger partial charge in [-0.25, -0.2) is 0 Å². The predicted octanol–water partition coefficient (Wildman–Crippen LogP) is 3.23. The summed E-state index contributed by atoms with van der Waals surface area (Å²) in [7, 11) is 3.58. The third-order valence-electron chi connectivity index (χ3n) is 3.01. The van der Waals surface area contributed by atoms with E-state index in [4.69, 9.17) is 15.2 Å². The molecule has 0 radical (unpaired) electrons. The maximum absolute atomic E-state index is 5.90. The fourth-order valence-corrected chi connectivity index (χ4v) is 1.98. The summed E-state index contributed by atoms with van der Waals surface area (Å²) < 4.78 is 11.0. The van der Waals surface area contributed by atoms with E-state index in [1.54, 1.807) is 13.2 Å². The van der Waals surface area contributed by atoms with Gasteiger partial charge in [-0.15, -0.1) is 0 Å². The molecule has 0 aliphatic carbocycles. The number of nitrogens with two attached hydrogens (primary N) is 1. The average Bonchev–Trinajstić information content (AvgIpc) is 2.48. The summed E-state index contributed by atoms with van der Waals surface area (Å²) in [6.07, 6.45) is 0.0200. The van der Waals surface area contributed by atoms with Crippen LogP contribution in [0, 0.1) is 0 Å². The Bertz CT molecular complexity index is 614. The van der Waals surface area contributed by atoms with Crippen molar-refractivity contribution in [3.05, 3.63) is 36.4 Å². The van der Waals surface area contributed by atoms with Gasteiger partial charge in [0.15, 0.2) is 0 Å². The second-order valence-corrected chi connectivity index (χ2v) is 4.96. The molecule has 2 rings (SSSR count). The van der Waals surface area contributed by atoms with E-state index in [9.17, 15) is 0 Å². The molecule has 0 bridgehead atoms. The monoisotopic (exact) mass is 287 g/mol. The number of pyridine rings is 1. The number of hydrogen-bond donors (Lipinski definition) is 1. The van der Waals surface area contributed by atoms with Crippen molar-refractivity contribution in [2.45, 2.75) is 20.0 Å². The van der Waals surface area contributed by atoms with Gasteiger partial charge >= 0.3 is 0 Å². The van der Waals surface area contributed by atoms with Crippen molar-refractivity contribution < 1.29 is 9.47 Å². The number of hydrogen-bond acceptors (Lipinski definition) is 5. The minimum absolute atomic E-state index is 0.0200. The van der Waals surface area contributed by atoms with Crippen molar-refractivity contribution >= 4 is 17.2 Å². The number of benzene rings is 1. The standard InChI is InChI=1S/C16H21N3O2/c1-11(2)21-16-12(17)9-10-15(18-16)19(3)13-7-5-6-8-14(13)20-4/h5-11H,17H2,1-4H3. The van der Waals surface area contributed by atoms with Crippen LogP contribution in [0.1, 0.15) is 13.8 Å². The Kier molecular flexibility index (Phi) is 4.52. The third kappa shape index (κ3) is 3.37. The van der Waals surface area contributed by atoms with Crippen molar-refractivity contribution in [2.75, 3.05) is 24.8 Å². The number of rotatable bonds is 5. The molecule has 1 heterocycles.